The molecule has 0 bridgehead atoms. The highest BCUT2D eigenvalue weighted by Crippen LogP contribution is 2.23. The Labute approximate surface area is 169 Å². The molecule has 3 aromatic rings. The number of aromatic nitrogens is 5. The molecule has 3 aromatic heterocycles. The van der Waals surface area contributed by atoms with E-state index in [1.807, 2.05) is 37.2 Å². The van der Waals surface area contributed by atoms with Gasteiger partial charge in [-0.15, -0.1) is 0 Å². The van der Waals surface area contributed by atoms with Gasteiger partial charge in [0.15, 0.2) is 0 Å². The highest BCUT2D eigenvalue weighted by atomic mass is 16.1. The lowest BCUT2D eigenvalue weighted by molar-refractivity contribution is 0.349. The smallest absolute Gasteiger partial charge is 0.253 e. The molecule has 0 atom stereocenters. The summed E-state index contributed by atoms with van der Waals surface area (Å²) in [6.45, 7) is 2.46. The van der Waals surface area contributed by atoms with Crippen LogP contribution >= 0.6 is 0 Å². The number of nitrogens with zero attached hydrogens (tertiary/aromatic N) is 7. The lowest BCUT2D eigenvalue weighted by Crippen LogP contribution is -2.37. The molecule has 150 valence electrons. The molecule has 1 saturated heterocycles. The molecular formula is C21H25N7O. The summed E-state index contributed by atoms with van der Waals surface area (Å²) in [6, 6.07) is 7.22. The number of hydrogen-bond acceptors (Lipinski definition) is 7. The Morgan fingerprint density at radius 2 is 1.83 bits per heavy atom. The fourth-order valence-electron chi connectivity index (χ4n) is 3.58. The first-order valence-corrected chi connectivity index (χ1v) is 9.82. The predicted molar refractivity (Wildman–Crippen MR) is 113 cm³/mol. The van der Waals surface area contributed by atoms with Crippen LogP contribution in [-0.4, -0.2) is 51.7 Å². The molecule has 0 aliphatic carbocycles. The molecule has 8 heteroatoms. The van der Waals surface area contributed by atoms with Crippen LogP contribution in [0.15, 0.2) is 54.0 Å². The number of pyridine rings is 1. The van der Waals surface area contributed by atoms with Crippen LogP contribution in [0.4, 0.5) is 11.8 Å². The molecule has 0 spiro atoms. The van der Waals surface area contributed by atoms with E-state index in [2.05, 4.69) is 24.8 Å². The van der Waals surface area contributed by atoms with Crippen molar-refractivity contribution in [2.24, 2.45) is 5.92 Å². The SMILES string of the molecule is CN(C)c1ccnc(N2CCC(Cn3cnc(-c4ccncc4)cc3=O)CC2)n1. The van der Waals surface area contributed by atoms with Gasteiger partial charge in [-0.05, 0) is 37.0 Å². The summed E-state index contributed by atoms with van der Waals surface area (Å²) in [5.74, 6) is 2.12. The van der Waals surface area contributed by atoms with E-state index in [0.717, 1.165) is 43.3 Å². The highest BCUT2D eigenvalue weighted by molar-refractivity contribution is 5.57. The van der Waals surface area contributed by atoms with Crippen molar-refractivity contribution in [3.05, 3.63) is 59.5 Å². The van der Waals surface area contributed by atoms with Gasteiger partial charge < -0.3 is 9.80 Å². The maximum Gasteiger partial charge on any atom is 0.253 e. The van der Waals surface area contributed by atoms with Gasteiger partial charge in [-0.1, -0.05) is 0 Å². The minimum absolute atomic E-state index is 0.0174. The van der Waals surface area contributed by atoms with Gasteiger partial charge in [-0.25, -0.2) is 9.97 Å². The van der Waals surface area contributed by atoms with Crippen molar-refractivity contribution in [3.63, 3.8) is 0 Å². The summed E-state index contributed by atoms with van der Waals surface area (Å²) in [7, 11) is 3.95. The van der Waals surface area contributed by atoms with E-state index < -0.39 is 0 Å². The van der Waals surface area contributed by atoms with Gasteiger partial charge in [0.1, 0.15) is 5.82 Å². The number of hydrogen-bond donors (Lipinski definition) is 0. The summed E-state index contributed by atoms with van der Waals surface area (Å²) in [4.78, 5) is 34.3. The Kier molecular flexibility index (Phi) is 5.50. The highest BCUT2D eigenvalue weighted by Gasteiger charge is 2.22. The first-order chi connectivity index (χ1) is 14.1. The third-order valence-electron chi connectivity index (χ3n) is 5.29. The molecule has 1 aliphatic heterocycles. The van der Waals surface area contributed by atoms with Crippen molar-refractivity contribution in [1.29, 1.82) is 0 Å². The standard InChI is InChI=1S/C21H25N7O/c1-26(2)19-5-10-23-21(25-19)27-11-6-16(7-12-27)14-28-15-24-18(13-20(28)29)17-3-8-22-9-4-17/h3-5,8-10,13,15-16H,6-7,11-12,14H2,1-2H3. The van der Waals surface area contributed by atoms with Crippen LogP contribution in [0.3, 0.4) is 0 Å². The molecule has 0 saturated carbocycles. The number of piperidine rings is 1. The minimum Gasteiger partial charge on any atom is -0.363 e. The average Bonchev–Trinajstić information content (AvgIpc) is 2.76. The number of rotatable bonds is 5. The topological polar surface area (TPSA) is 80.0 Å². The number of anilines is 2. The first-order valence-electron chi connectivity index (χ1n) is 9.82. The van der Waals surface area contributed by atoms with Gasteiger partial charge in [0, 0.05) is 63.9 Å². The zero-order valence-corrected chi connectivity index (χ0v) is 16.8. The van der Waals surface area contributed by atoms with Gasteiger partial charge in [0.25, 0.3) is 5.56 Å². The molecular weight excluding hydrogens is 366 g/mol. The molecule has 29 heavy (non-hydrogen) atoms. The van der Waals surface area contributed by atoms with Crippen molar-refractivity contribution in [2.45, 2.75) is 19.4 Å². The minimum atomic E-state index is -0.0174. The fraction of sp³-hybridized carbons (Fsp3) is 0.381. The molecule has 1 fully saturated rings. The Bertz CT molecular complexity index is 1010. The molecule has 0 radical (unpaired) electrons. The van der Waals surface area contributed by atoms with Crippen LogP contribution in [0, 0.1) is 5.92 Å². The molecule has 0 amide bonds. The average molecular weight is 391 g/mol. The largest absolute Gasteiger partial charge is 0.363 e. The van der Waals surface area contributed by atoms with E-state index in [9.17, 15) is 4.79 Å². The second-order valence-electron chi connectivity index (χ2n) is 7.54. The molecule has 8 nitrogen and oxygen atoms in total. The maximum atomic E-state index is 12.5. The van der Waals surface area contributed by atoms with E-state index >= 15 is 0 Å². The van der Waals surface area contributed by atoms with Crippen molar-refractivity contribution < 1.29 is 0 Å². The summed E-state index contributed by atoms with van der Waals surface area (Å²) < 4.78 is 1.72. The van der Waals surface area contributed by atoms with Crippen molar-refractivity contribution in [3.8, 4) is 11.3 Å². The van der Waals surface area contributed by atoms with Gasteiger partial charge >= 0.3 is 0 Å². The first kappa shape index (κ1) is 19.0. The van der Waals surface area contributed by atoms with Crippen molar-refractivity contribution in [2.75, 3.05) is 37.0 Å². The van der Waals surface area contributed by atoms with Gasteiger partial charge in [-0.3, -0.25) is 14.3 Å². The summed E-state index contributed by atoms with van der Waals surface area (Å²) in [5.41, 5.74) is 1.56. The fourth-order valence-corrected chi connectivity index (χ4v) is 3.58. The van der Waals surface area contributed by atoms with Crippen LogP contribution in [0.1, 0.15) is 12.8 Å². The normalized spacial score (nSPS) is 14.8. The van der Waals surface area contributed by atoms with Gasteiger partial charge in [0.2, 0.25) is 5.95 Å². The van der Waals surface area contributed by atoms with Crippen molar-refractivity contribution >= 4 is 11.8 Å². The predicted octanol–water partition coefficient (Wildman–Crippen LogP) is 2.08. The monoisotopic (exact) mass is 391 g/mol. The maximum absolute atomic E-state index is 12.5. The quantitative estimate of drug-likeness (QED) is 0.659. The summed E-state index contributed by atoms with van der Waals surface area (Å²) in [5, 5.41) is 0. The Hall–Kier alpha value is -3.29. The summed E-state index contributed by atoms with van der Waals surface area (Å²) in [6.07, 6.45) is 8.86. The van der Waals surface area contributed by atoms with E-state index in [-0.39, 0.29) is 5.56 Å². The Morgan fingerprint density at radius 1 is 1.07 bits per heavy atom. The third-order valence-corrected chi connectivity index (χ3v) is 5.29. The second kappa shape index (κ2) is 8.38. The lowest BCUT2D eigenvalue weighted by atomic mass is 9.97. The Balaban J connectivity index is 1.39. The van der Waals surface area contributed by atoms with E-state index in [0.29, 0.717) is 18.2 Å². The zero-order valence-electron chi connectivity index (χ0n) is 16.8. The molecule has 1 aliphatic rings. The van der Waals surface area contributed by atoms with Gasteiger partial charge in [0.05, 0.1) is 12.0 Å². The third kappa shape index (κ3) is 4.42. The van der Waals surface area contributed by atoms with Crippen LogP contribution in [0.5, 0.6) is 0 Å². The molecule has 4 heterocycles. The summed E-state index contributed by atoms with van der Waals surface area (Å²) >= 11 is 0. The van der Waals surface area contributed by atoms with Crippen molar-refractivity contribution in [1.82, 2.24) is 24.5 Å². The van der Waals surface area contributed by atoms with Crippen LogP contribution < -0.4 is 15.4 Å². The Morgan fingerprint density at radius 3 is 2.52 bits per heavy atom. The second-order valence-corrected chi connectivity index (χ2v) is 7.54. The zero-order chi connectivity index (χ0) is 20.2. The van der Waals surface area contributed by atoms with E-state index in [1.165, 1.54) is 0 Å². The molecule has 0 aromatic carbocycles. The molecule has 0 N–H and O–H groups in total. The van der Waals surface area contributed by atoms with Gasteiger partial charge in [-0.2, -0.15) is 4.98 Å². The van der Waals surface area contributed by atoms with Crippen LogP contribution in [-0.2, 0) is 6.54 Å². The van der Waals surface area contributed by atoms with E-state index in [1.54, 1.807) is 35.6 Å². The van der Waals surface area contributed by atoms with Crippen LogP contribution in [0.25, 0.3) is 11.3 Å². The lowest BCUT2D eigenvalue weighted by Gasteiger charge is -2.32. The van der Waals surface area contributed by atoms with E-state index in [4.69, 9.17) is 0 Å². The molecule has 4 rings (SSSR count). The molecule has 0 unspecified atom stereocenters. The van der Waals surface area contributed by atoms with Crippen LogP contribution in [0.2, 0.25) is 0 Å².